The monoisotopic (exact) mass is 310 g/mol. The fourth-order valence-electron chi connectivity index (χ4n) is 2.72. The summed E-state index contributed by atoms with van der Waals surface area (Å²) in [5.41, 5.74) is 1.35. The number of hydrogen-bond acceptors (Lipinski definition) is 2. The first-order valence-electron chi connectivity index (χ1n) is 7.00. The van der Waals surface area contributed by atoms with E-state index in [1.807, 2.05) is 0 Å². The van der Waals surface area contributed by atoms with Crippen LogP contribution in [0.15, 0.2) is 28.7 Å². The van der Waals surface area contributed by atoms with Gasteiger partial charge in [-0.2, -0.15) is 0 Å². The van der Waals surface area contributed by atoms with E-state index in [2.05, 4.69) is 64.3 Å². The van der Waals surface area contributed by atoms with E-state index in [4.69, 9.17) is 0 Å². The summed E-state index contributed by atoms with van der Waals surface area (Å²) >= 11 is 3.51. The van der Waals surface area contributed by atoms with E-state index in [9.17, 15) is 0 Å². The average Bonchev–Trinajstić information content (AvgIpc) is 2.40. The zero-order chi connectivity index (χ0) is 13.0. The summed E-state index contributed by atoms with van der Waals surface area (Å²) in [5, 5.41) is 3.68. The van der Waals surface area contributed by atoms with E-state index in [0.717, 1.165) is 17.6 Å². The van der Waals surface area contributed by atoms with Gasteiger partial charge in [0.05, 0.1) is 0 Å². The molecule has 1 heterocycles. The van der Waals surface area contributed by atoms with Crippen molar-refractivity contribution in [3.05, 3.63) is 28.7 Å². The third kappa shape index (κ3) is 3.27. The second-order valence-electron chi connectivity index (χ2n) is 5.08. The van der Waals surface area contributed by atoms with Crippen LogP contribution < -0.4 is 10.2 Å². The summed E-state index contributed by atoms with van der Waals surface area (Å²) < 4.78 is 1.15. The molecule has 0 aliphatic carbocycles. The molecule has 0 aromatic heterocycles. The van der Waals surface area contributed by atoms with Crippen LogP contribution in [0.2, 0.25) is 0 Å². The van der Waals surface area contributed by atoms with Crippen LogP contribution in [-0.2, 0) is 0 Å². The summed E-state index contributed by atoms with van der Waals surface area (Å²) in [6.07, 6.45) is 3.72. The number of rotatable bonds is 4. The molecular weight excluding hydrogens is 288 g/mol. The largest absolute Gasteiger partial charge is 0.366 e. The van der Waals surface area contributed by atoms with E-state index in [1.165, 1.54) is 24.9 Å². The van der Waals surface area contributed by atoms with E-state index < -0.39 is 0 Å². The topological polar surface area (TPSA) is 15.3 Å². The van der Waals surface area contributed by atoms with Gasteiger partial charge in [-0.25, -0.2) is 0 Å². The maximum absolute atomic E-state index is 3.68. The third-order valence-corrected chi connectivity index (χ3v) is 4.30. The molecule has 2 unspecified atom stereocenters. The lowest BCUT2D eigenvalue weighted by atomic mass is 10.0. The molecule has 1 N–H and O–H groups in total. The first kappa shape index (κ1) is 13.9. The number of halogens is 1. The molecule has 100 valence electrons. The Hall–Kier alpha value is -0.540. The molecule has 2 nitrogen and oxygen atoms in total. The molecule has 2 rings (SSSR count). The second-order valence-corrected chi connectivity index (χ2v) is 6.00. The van der Waals surface area contributed by atoms with Crippen molar-refractivity contribution in [1.29, 1.82) is 0 Å². The minimum atomic E-state index is 0.624. The van der Waals surface area contributed by atoms with Gasteiger partial charge in [-0.15, -0.1) is 0 Å². The molecule has 0 bridgehead atoms. The second kappa shape index (κ2) is 6.58. The van der Waals surface area contributed by atoms with Crippen molar-refractivity contribution < 1.29 is 0 Å². The standard InChI is InChI=1S/C15H23BrN2/c1-3-5-13-11-18(14(4-2)10-17-13)15-8-6-12(16)7-9-15/h6-9,13-14,17H,3-5,10-11H2,1-2H3. The molecule has 0 saturated carbocycles. The molecule has 0 spiro atoms. The van der Waals surface area contributed by atoms with E-state index >= 15 is 0 Å². The van der Waals surface area contributed by atoms with Gasteiger partial charge in [0.1, 0.15) is 0 Å². The summed E-state index contributed by atoms with van der Waals surface area (Å²) in [5.74, 6) is 0. The van der Waals surface area contributed by atoms with Crippen LogP contribution in [0.3, 0.4) is 0 Å². The fourth-order valence-corrected chi connectivity index (χ4v) is 2.98. The van der Waals surface area contributed by atoms with Crippen molar-refractivity contribution in [3.63, 3.8) is 0 Å². The predicted octanol–water partition coefficient (Wildman–Crippen LogP) is 3.81. The van der Waals surface area contributed by atoms with Crippen LogP contribution in [0, 0.1) is 0 Å². The van der Waals surface area contributed by atoms with Gasteiger partial charge in [-0.3, -0.25) is 0 Å². The zero-order valence-electron chi connectivity index (χ0n) is 11.3. The molecule has 1 fully saturated rings. The van der Waals surface area contributed by atoms with Gasteiger partial charge < -0.3 is 10.2 Å². The number of piperazine rings is 1. The first-order valence-corrected chi connectivity index (χ1v) is 7.79. The molecule has 18 heavy (non-hydrogen) atoms. The smallest absolute Gasteiger partial charge is 0.0412 e. The predicted molar refractivity (Wildman–Crippen MR) is 82.3 cm³/mol. The fraction of sp³-hybridized carbons (Fsp3) is 0.600. The van der Waals surface area contributed by atoms with Crippen molar-refractivity contribution >= 4 is 21.6 Å². The Bertz CT molecular complexity index is 363. The van der Waals surface area contributed by atoms with E-state index in [1.54, 1.807) is 0 Å². The lowest BCUT2D eigenvalue weighted by Gasteiger charge is -2.42. The molecule has 3 heteroatoms. The van der Waals surface area contributed by atoms with E-state index in [-0.39, 0.29) is 0 Å². The van der Waals surface area contributed by atoms with Crippen LogP contribution in [0.25, 0.3) is 0 Å². The minimum absolute atomic E-state index is 0.624. The number of anilines is 1. The van der Waals surface area contributed by atoms with Crippen molar-refractivity contribution in [2.75, 3.05) is 18.0 Å². The highest BCUT2D eigenvalue weighted by molar-refractivity contribution is 9.10. The molecule has 1 aliphatic rings. The van der Waals surface area contributed by atoms with Crippen LogP contribution in [-0.4, -0.2) is 25.2 Å². The van der Waals surface area contributed by atoms with Gasteiger partial charge in [-0.05, 0) is 37.1 Å². The Kier molecular flexibility index (Phi) is 5.07. The minimum Gasteiger partial charge on any atom is -0.366 e. The maximum atomic E-state index is 3.68. The highest BCUT2D eigenvalue weighted by Gasteiger charge is 2.26. The lowest BCUT2D eigenvalue weighted by Crippen LogP contribution is -2.56. The molecule has 1 saturated heterocycles. The first-order chi connectivity index (χ1) is 8.74. The van der Waals surface area contributed by atoms with Gasteiger partial charge in [0, 0.05) is 35.3 Å². The van der Waals surface area contributed by atoms with Crippen LogP contribution >= 0.6 is 15.9 Å². The highest BCUT2D eigenvalue weighted by atomic mass is 79.9. The van der Waals surface area contributed by atoms with Crippen molar-refractivity contribution in [2.24, 2.45) is 0 Å². The van der Waals surface area contributed by atoms with Crippen molar-refractivity contribution in [1.82, 2.24) is 5.32 Å². The van der Waals surface area contributed by atoms with Crippen molar-refractivity contribution in [2.45, 2.75) is 45.2 Å². The lowest BCUT2D eigenvalue weighted by molar-refractivity contribution is 0.369. The van der Waals surface area contributed by atoms with Gasteiger partial charge in [0.2, 0.25) is 0 Å². The quantitative estimate of drug-likeness (QED) is 0.910. The highest BCUT2D eigenvalue weighted by Crippen LogP contribution is 2.24. The number of hydrogen-bond donors (Lipinski definition) is 1. The molecule has 1 aromatic carbocycles. The Morgan fingerprint density at radius 3 is 2.61 bits per heavy atom. The Labute approximate surface area is 119 Å². The third-order valence-electron chi connectivity index (χ3n) is 3.77. The Morgan fingerprint density at radius 1 is 1.28 bits per heavy atom. The zero-order valence-corrected chi connectivity index (χ0v) is 12.9. The van der Waals surface area contributed by atoms with Gasteiger partial charge in [0.25, 0.3) is 0 Å². The number of nitrogens with one attached hydrogen (secondary N) is 1. The van der Waals surface area contributed by atoms with Crippen LogP contribution in [0.5, 0.6) is 0 Å². The molecule has 2 atom stereocenters. The molecule has 0 amide bonds. The molecule has 1 aliphatic heterocycles. The summed E-state index contributed by atoms with van der Waals surface area (Å²) in [7, 11) is 0. The van der Waals surface area contributed by atoms with Gasteiger partial charge in [0.15, 0.2) is 0 Å². The Balaban J connectivity index is 2.12. The SMILES string of the molecule is CCCC1CN(c2ccc(Br)cc2)C(CC)CN1. The van der Waals surface area contributed by atoms with Gasteiger partial charge in [-0.1, -0.05) is 36.2 Å². The summed E-state index contributed by atoms with van der Waals surface area (Å²) in [4.78, 5) is 2.57. The van der Waals surface area contributed by atoms with Crippen LogP contribution in [0.1, 0.15) is 33.1 Å². The Morgan fingerprint density at radius 2 is 2.00 bits per heavy atom. The normalized spacial score (nSPS) is 24.3. The summed E-state index contributed by atoms with van der Waals surface area (Å²) in [6, 6.07) is 9.99. The average molecular weight is 311 g/mol. The molecule has 1 aromatic rings. The number of nitrogens with zero attached hydrogens (tertiary/aromatic N) is 1. The summed E-state index contributed by atoms with van der Waals surface area (Å²) in [6.45, 7) is 6.78. The molecular formula is C15H23BrN2. The van der Waals surface area contributed by atoms with E-state index in [0.29, 0.717) is 12.1 Å². The van der Waals surface area contributed by atoms with Crippen molar-refractivity contribution in [3.8, 4) is 0 Å². The van der Waals surface area contributed by atoms with Crippen LogP contribution in [0.4, 0.5) is 5.69 Å². The maximum Gasteiger partial charge on any atom is 0.0412 e. The molecule has 0 radical (unpaired) electrons. The van der Waals surface area contributed by atoms with Gasteiger partial charge >= 0.3 is 0 Å². The number of benzene rings is 1.